The zero-order valence-corrected chi connectivity index (χ0v) is 18.6. The van der Waals surface area contributed by atoms with Crippen molar-refractivity contribution in [3.63, 3.8) is 0 Å². The van der Waals surface area contributed by atoms with Gasteiger partial charge in [-0.3, -0.25) is 15.1 Å². The molecule has 1 fully saturated rings. The number of hydrogen-bond acceptors (Lipinski definition) is 8. The van der Waals surface area contributed by atoms with Crippen LogP contribution < -0.4 is 25.8 Å². The van der Waals surface area contributed by atoms with Gasteiger partial charge in [-0.15, -0.1) is 0 Å². The summed E-state index contributed by atoms with van der Waals surface area (Å²) < 4.78 is 11.1. The van der Waals surface area contributed by atoms with E-state index in [2.05, 4.69) is 35.9 Å². The molecule has 11 nitrogen and oxygen atoms in total. The predicted octanol–water partition coefficient (Wildman–Crippen LogP) is 1.41. The largest absolute Gasteiger partial charge is 0.486 e. The van der Waals surface area contributed by atoms with Crippen molar-refractivity contribution >= 4 is 17.9 Å². The highest BCUT2D eigenvalue weighted by atomic mass is 16.5. The first-order valence-electron chi connectivity index (χ1n) is 11.0. The summed E-state index contributed by atoms with van der Waals surface area (Å²) in [5.41, 5.74) is 4.66. The van der Waals surface area contributed by atoms with Crippen LogP contribution in [0.15, 0.2) is 65.3 Å². The molecule has 4 rings (SSSR count). The number of rotatable bonds is 8. The molecule has 2 aromatic heterocycles. The third-order valence-corrected chi connectivity index (χ3v) is 5.22. The number of anilines is 1. The van der Waals surface area contributed by atoms with E-state index >= 15 is 0 Å². The number of para-hydroxylation sites is 1. The fourth-order valence-electron chi connectivity index (χ4n) is 3.42. The zero-order chi connectivity index (χ0) is 23.6. The van der Waals surface area contributed by atoms with E-state index in [1.165, 1.54) is 6.07 Å². The van der Waals surface area contributed by atoms with Crippen molar-refractivity contribution in [1.29, 1.82) is 0 Å². The Hall–Kier alpha value is -4.12. The molecule has 0 saturated carbocycles. The van der Waals surface area contributed by atoms with Crippen LogP contribution in [0.3, 0.4) is 0 Å². The lowest BCUT2D eigenvalue weighted by Gasteiger charge is -2.34. The second-order valence-electron chi connectivity index (χ2n) is 7.58. The lowest BCUT2D eigenvalue weighted by molar-refractivity contribution is 0.0904. The normalized spacial score (nSPS) is 13.8. The van der Waals surface area contributed by atoms with Crippen molar-refractivity contribution in [2.24, 2.45) is 0 Å². The molecule has 0 bridgehead atoms. The number of nitrogens with zero attached hydrogens (tertiary/aromatic N) is 4. The summed E-state index contributed by atoms with van der Waals surface area (Å²) in [4.78, 5) is 37.1. The number of hydrazine groups is 1. The van der Waals surface area contributed by atoms with E-state index in [0.29, 0.717) is 24.6 Å². The molecule has 0 aliphatic carbocycles. The molecule has 1 aliphatic heterocycles. The average molecular weight is 466 g/mol. The number of aromatic nitrogens is 2. The SMILES string of the molecule is O=C(NCCN1CCN(c2ncccn2)CC1)NNC(=O)c1ccc(COc2ccccc2)o1. The summed E-state index contributed by atoms with van der Waals surface area (Å²) in [5.74, 6) is 1.46. The summed E-state index contributed by atoms with van der Waals surface area (Å²) in [6, 6.07) is 13.8. The summed E-state index contributed by atoms with van der Waals surface area (Å²) >= 11 is 0. The number of amides is 3. The smallest absolute Gasteiger partial charge is 0.333 e. The number of carbonyl (C=O) groups is 2. The molecular formula is C23H27N7O4. The molecule has 3 N–H and O–H groups in total. The highest BCUT2D eigenvalue weighted by Gasteiger charge is 2.18. The standard InChI is InChI=1S/C23H27N7O4/c31-21(20-8-7-19(34-20)17-33-18-5-2-1-3-6-18)27-28-23(32)26-11-12-29-13-15-30(16-14-29)22-24-9-4-10-25-22/h1-10H,11-17H2,(H,27,31)(H2,26,28,32). The Balaban J connectivity index is 1.10. The number of furan rings is 1. The molecule has 0 radical (unpaired) electrons. The van der Waals surface area contributed by atoms with Crippen LogP contribution in [0.4, 0.5) is 10.7 Å². The van der Waals surface area contributed by atoms with Crippen molar-refractivity contribution in [3.05, 3.63) is 72.4 Å². The van der Waals surface area contributed by atoms with Gasteiger partial charge in [0.15, 0.2) is 5.76 Å². The maximum Gasteiger partial charge on any atom is 0.333 e. The van der Waals surface area contributed by atoms with Gasteiger partial charge in [-0.2, -0.15) is 0 Å². The van der Waals surface area contributed by atoms with Gasteiger partial charge in [0.05, 0.1) is 0 Å². The molecule has 1 aliphatic rings. The van der Waals surface area contributed by atoms with Crippen molar-refractivity contribution in [3.8, 4) is 5.75 Å². The molecule has 0 unspecified atom stereocenters. The van der Waals surface area contributed by atoms with E-state index in [0.717, 1.165) is 32.1 Å². The summed E-state index contributed by atoms with van der Waals surface area (Å²) in [6.45, 7) is 4.71. The molecule has 0 atom stereocenters. The second kappa shape index (κ2) is 11.7. The minimum absolute atomic E-state index is 0.0761. The summed E-state index contributed by atoms with van der Waals surface area (Å²) in [5, 5.41) is 2.73. The Kier molecular flexibility index (Phi) is 7.90. The molecule has 178 valence electrons. The lowest BCUT2D eigenvalue weighted by atomic mass is 10.3. The first-order chi connectivity index (χ1) is 16.7. The van der Waals surface area contributed by atoms with Gasteiger partial charge in [0.25, 0.3) is 0 Å². The molecule has 1 saturated heterocycles. The maximum absolute atomic E-state index is 12.2. The van der Waals surface area contributed by atoms with E-state index in [9.17, 15) is 9.59 Å². The van der Waals surface area contributed by atoms with Gasteiger partial charge >= 0.3 is 11.9 Å². The van der Waals surface area contributed by atoms with Crippen LogP contribution in [0, 0.1) is 0 Å². The van der Waals surface area contributed by atoms with Crippen LogP contribution in [-0.4, -0.2) is 66.1 Å². The zero-order valence-electron chi connectivity index (χ0n) is 18.6. The van der Waals surface area contributed by atoms with Crippen molar-refractivity contribution < 1.29 is 18.7 Å². The lowest BCUT2D eigenvalue weighted by Crippen LogP contribution is -2.51. The van der Waals surface area contributed by atoms with Crippen molar-refractivity contribution in [2.45, 2.75) is 6.61 Å². The number of piperazine rings is 1. The Morgan fingerprint density at radius 3 is 2.47 bits per heavy atom. The van der Waals surface area contributed by atoms with E-state index in [1.54, 1.807) is 24.5 Å². The maximum atomic E-state index is 12.2. The number of carbonyl (C=O) groups excluding carboxylic acids is 2. The number of ether oxygens (including phenoxy) is 1. The van der Waals surface area contributed by atoms with Gasteiger partial charge in [-0.05, 0) is 30.3 Å². The number of benzene rings is 1. The van der Waals surface area contributed by atoms with E-state index in [1.807, 2.05) is 30.3 Å². The Morgan fingerprint density at radius 1 is 0.941 bits per heavy atom. The highest BCUT2D eigenvalue weighted by Crippen LogP contribution is 2.14. The topological polar surface area (TPSA) is 125 Å². The predicted molar refractivity (Wildman–Crippen MR) is 124 cm³/mol. The quantitative estimate of drug-likeness (QED) is 0.427. The van der Waals surface area contributed by atoms with Crippen LogP contribution in [0.5, 0.6) is 5.75 Å². The van der Waals surface area contributed by atoms with Gasteiger partial charge < -0.3 is 19.4 Å². The minimum Gasteiger partial charge on any atom is -0.486 e. The summed E-state index contributed by atoms with van der Waals surface area (Å²) in [7, 11) is 0. The molecule has 1 aromatic carbocycles. The van der Waals surface area contributed by atoms with Crippen LogP contribution in [0.25, 0.3) is 0 Å². The highest BCUT2D eigenvalue weighted by molar-refractivity contribution is 5.92. The van der Waals surface area contributed by atoms with Crippen molar-refractivity contribution in [1.82, 2.24) is 31.0 Å². The molecule has 34 heavy (non-hydrogen) atoms. The first kappa shape index (κ1) is 23.1. The third-order valence-electron chi connectivity index (χ3n) is 5.22. The Labute approximate surface area is 197 Å². The van der Waals surface area contributed by atoms with Crippen LogP contribution in [0.2, 0.25) is 0 Å². The van der Waals surface area contributed by atoms with Crippen LogP contribution >= 0.6 is 0 Å². The van der Waals surface area contributed by atoms with Gasteiger partial charge in [-0.1, -0.05) is 18.2 Å². The number of hydrogen-bond donors (Lipinski definition) is 3. The van der Waals surface area contributed by atoms with Crippen molar-refractivity contribution in [2.75, 3.05) is 44.2 Å². The molecular weight excluding hydrogens is 438 g/mol. The average Bonchev–Trinajstić information content (AvgIpc) is 3.37. The summed E-state index contributed by atoms with van der Waals surface area (Å²) in [6.07, 6.45) is 3.47. The third kappa shape index (κ3) is 6.69. The fraction of sp³-hybridized carbons (Fsp3) is 0.304. The van der Waals surface area contributed by atoms with Crippen LogP contribution in [0.1, 0.15) is 16.3 Å². The fourth-order valence-corrected chi connectivity index (χ4v) is 3.42. The van der Waals surface area contributed by atoms with Gasteiger partial charge in [0, 0.05) is 51.7 Å². The van der Waals surface area contributed by atoms with Gasteiger partial charge in [0.1, 0.15) is 18.1 Å². The molecule has 0 spiro atoms. The second-order valence-corrected chi connectivity index (χ2v) is 7.58. The Bertz CT molecular complexity index is 1050. The monoisotopic (exact) mass is 465 g/mol. The Morgan fingerprint density at radius 2 is 1.71 bits per heavy atom. The van der Waals surface area contributed by atoms with E-state index in [-0.39, 0.29) is 12.4 Å². The molecule has 3 amide bonds. The number of nitrogens with one attached hydrogen (secondary N) is 3. The minimum atomic E-state index is -0.555. The molecule has 3 heterocycles. The van der Waals surface area contributed by atoms with Gasteiger partial charge in [-0.25, -0.2) is 20.2 Å². The van der Waals surface area contributed by atoms with E-state index in [4.69, 9.17) is 9.15 Å². The number of urea groups is 1. The molecule has 11 heteroatoms. The van der Waals surface area contributed by atoms with Crippen LogP contribution in [-0.2, 0) is 6.61 Å². The van der Waals surface area contributed by atoms with E-state index < -0.39 is 11.9 Å². The first-order valence-corrected chi connectivity index (χ1v) is 11.0. The molecule has 3 aromatic rings. The van der Waals surface area contributed by atoms with Gasteiger partial charge in [0.2, 0.25) is 5.95 Å².